The van der Waals surface area contributed by atoms with Crippen molar-refractivity contribution in [3.63, 3.8) is 0 Å². The number of imide groups is 1. The van der Waals surface area contributed by atoms with Crippen LogP contribution < -0.4 is 0 Å². The Morgan fingerprint density at radius 2 is 1.69 bits per heavy atom. The van der Waals surface area contributed by atoms with E-state index < -0.39 is 34.5 Å². The average Bonchev–Trinajstić information content (AvgIpc) is 2.80. The van der Waals surface area contributed by atoms with Crippen molar-refractivity contribution in [2.24, 2.45) is 0 Å². The molecule has 0 saturated carbocycles. The van der Waals surface area contributed by atoms with Crippen LogP contribution in [0.1, 0.15) is 29.6 Å². The zero-order valence-corrected chi connectivity index (χ0v) is 14.6. The third-order valence-electron chi connectivity index (χ3n) is 4.14. The SMILES string of the molecule is O=C(c1ccc(F)cc1)N1CCCCC(Sc2cc(F)ccc2F)C1=O. The summed E-state index contributed by atoms with van der Waals surface area (Å²) in [5.74, 6) is -2.62. The number of nitrogens with zero attached hydrogens (tertiary/aromatic N) is 1. The number of carbonyl (C=O) groups excluding carboxylic acids is 2. The minimum absolute atomic E-state index is 0.0411. The summed E-state index contributed by atoms with van der Waals surface area (Å²) in [5.41, 5.74) is 0.210. The molecule has 1 unspecified atom stereocenters. The number of rotatable bonds is 3. The first kappa shape index (κ1) is 18.5. The second-order valence-corrected chi connectivity index (χ2v) is 7.22. The number of likely N-dealkylation sites (tertiary alicyclic amines) is 1. The lowest BCUT2D eigenvalue weighted by atomic mass is 10.2. The quantitative estimate of drug-likeness (QED) is 0.741. The summed E-state index contributed by atoms with van der Waals surface area (Å²) in [5, 5.41) is -0.682. The minimum Gasteiger partial charge on any atom is -0.278 e. The van der Waals surface area contributed by atoms with Crippen LogP contribution in [0.2, 0.25) is 0 Å². The lowest BCUT2D eigenvalue weighted by molar-refractivity contribution is -0.127. The Balaban J connectivity index is 1.82. The van der Waals surface area contributed by atoms with Gasteiger partial charge in [0, 0.05) is 17.0 Å². The molecule has 3 nitrogen and oxygen atoms in total. The molecule has 2 aromatic carbocycles. The Morgan fingerprint density at radius 1 is 1.00 bits per heavy atom. The lowest BCUT2D eigenvalue weighted by Gasteiger charge is -2.22. The number of thioether (sulfide) groups is 1. The highest BCUT2D eigenvalue weighted by Gasteiger charge is 2.32. The molecule has 1 saturated heterocycles. The minimum atomic E-state index is -0.682. The molecule has 26 heavy (non-hydrogen) atoms. The van der Waals surface area contributed by atoms with Gasteiger partial charge in [0.2, 0.25) is 5.91 Å². The van der Waals surface area contributed by atoms with Gasteiger partial charge in [0.25, 0.3) is 5.91 Å². The van der Waals surface area contributed by atoms with Crippen molar-refractivity contribution in [3.05, 3.63) is 65.5 Å². The Bertz CT molecular complexity index is 826. The summed E-state index contributed by atoms with van der Waals surface area (Å²) < 4.78 is 40.3. The molecule has 136 valence electrons. The topological polar surface area (TPSA) is 37.4 Å². The van der Waals surface area contributed by atoms with E-state index in [1.54, 1.807) is 0 Å². The highest BCUT2D eigenvalue weighted by Crippen LogP contribution is 2.32. The Kier molecular flexibility index (Phi) is 5.66. The van der Waals surface area contributed by atoms with Gasteiger partial charge in [-0.05, 0) is 55.3 Å². The molecule has 0 aromatic heterocycles. The first-order valence-corrected chi connectivity index (χ1v) is 9.06. The molecule has 1 atom stereocenters. The zero-order chi connectivity index (χ0) is 18.7. The van der Waals surface area contributed by atoms with Crippen LogP contribution in [0.15, 0.2) is 47.4 Å². The van der Waals surface area contributed by atoms with Crippen LogP contribution in [0.5, 0.6) is 0 Å². The molecule has 1 heterocycles. The van der Waals surface area contributed by atoms with Gasteiger partial charge in [-0.15, -0.1) is 11.8 Å². The third kappa shape index (κ3) is 4.09. The molecule has 0 aliphatic carbocycles. The van der Waals surface area contributed by atoms with Gasteiger partial charge in [0.05, 0.1) is 5.25 Å². The van der Waals surface area contributed by atoms with Gasteiger partial charge in [0.15, 0.2) is 0 Å². The van der Waals surface area contributed by atoms with E-state index in [2.05, 4.69) is 0 Å². The molecule has 1 aliphatic heterocycles. The van der Waals surface area contributed by atoms with Crippen molar-refractivity contribution >= 4 is 23.6 Å². The number of amides is 2. The van der Waals surface area contributed by atoms with E-state index in [-0.39, 0.29) is 17.0 Å². The van der Waals surface area contributed by atoms with Crippen molar-refractivity contribution < 1.29 is 22.8 Å². The maximum atomic E-state index is 13.9. The lowest BCUT2D eigenvalue weighted by Crippen LogP contribution is -2.41. The third-order valence-corrected chi connectivity index (χ3v) is 5.43. The molecule has 0 bridgehead atoms. The van der Waals surface area contributed by atoms with Crippen LogP contribution in [0.3, 0.4) is 0 Å². The molecule has 0 N–H and O–H groups in total. The van der Waals surface area contributed by atoms with Crippen LogP contribution >= 0.6 is 11.8 Å². The normalized spacial score (nSPS) is 17.9. The molecule has 0 radical (unpaired) electrons. The van der Waals surface area contributed by atoms with Crippen molar-refractivity contribution in [1.82, 2.24) is 4.90 Å². The summed E-state index contributed by atoms with van der Waals surface area (Å²) >= 11 is 0.927. The van der Waals surface area contributed by atoms with E-state index in [1.807, 2.05) is 0 Å². The molecular formula is C19H16F3NO2S. The van der Waals surface area contributed by atoms with Gasteiger partial charge >= 0.3 is 0 Å². The highest BCUT2D eigenvalue weighted by atomic mass is 32.2. The standard InChI is InChI=1S/C19H16F3NO2S/c20-13-6-4-12(5-7-13)18(24)23-10-2-1-3-16(19(23)25)26-17-11-14(21)8-9-15(17)22/h4-9,11,16H,1-3,10H2. The number of hydrogen-bond donors (Lipinski definition) is 0. The fourth-order valence-electron chi connectivity index (χ4n) is 2.79. The van der Waals surface area contributed by atoms with Gasteiger partial charge in [-0.25, -0.2) is 13.2 Å². The first-order chi connectivity index (χ1) is 12.5. The fourth-order valence-corrected chi connectivity index (χ4v) is 3.97. The van der Waals surface area contributed by atoms with E-state index in [1.165, 1.54) is 12.1 Å². The molecule has 1 aliphatic rings. The van der Waals surface area contributed by atoms with E-state index in [0.29, 0.717) is 19.3 Å². The Morgan fingerprint density at radius 3 is 2.42 bits per heavy atom. The average molecular weight is 379 g/mol. The molecule has 1 fully saturated rings. The van der Waals surface area contributed by atoms with Crippen LogP contribution in [-0.2, 0) is 4.79 Å². The van der Waals surface area contributed by atoms with Gasteiger partial charge in [-0.1, -0.05) is 6.42 Å². The van der Waals surface area contributed by atoms with Gasteiger partial charge in [-0.3, -0.25) is 14.5 Å². The van der Waals surface area contributed by atoms with Crippen LogP contribution in [0.4, 0.5) is 13.2 Å². The maximum absolute atomic E-state index is 13.9. The number of halogens is 3. The predicted molar refractivity (Wildman–Crippen MR) is 92.3 cm³/mol. The van der Waals surface area contributed by atoms with Gasteiger partial charge in [0.1, 0.15) is 17.5 Å². The second-order valence-electron chi connectivity index (χ2n) is 5.98. The largest absolute Gasteiger partial charge is 0.278 e. The Hall–Kier alpha value is -2.28. The maximum Gasteiger partial charge on any atom is 0.260 e. The molecular weight excluding hydrogens is 363 g/mol. The second kappa shape index (κ2) is 7.95. The summed E-state index contributed by atoms with van der Waals surface area (Å²) in [4.78, 5) is 26.6. The smallest absolute Gasteiger partial charge is 0.260 e. The van der Waals surface area contributed by atoms with E-state index >= 15 is 0 Å². The fraction of sp³-hybridized carbons (Fsp3) is 0.263. The van der Waals surface area contributed by atoms with Crippen LogP contribution in [-0.4, -0.2) is 28.5 Å². The number of hydrogen-bond acceptors (Lipinski definition) is 3. The molecule has 2 aromatic rings. The summed E-state index contributed by atoms with van der Waals surface area (Å²) in [6.45, 7) is 0.248. The van der Waals surface area contributed by atoms with Crippen molar-refractivity contribution in [2.75, 3.05) is 6.54 Å². The van der Waals surface area contributed by atoms with Crippen molar-refractivity contribution in [1.29, 1.82) is 0 Å². The summed E-state index contributed by atoms with van der Waals surface area (Å²) in [6.07, 6.45) is 1.78. The zero-order valence-electron chi connectivity index (χ0n) is 13.8. The van der Waals surface area contributed by atoms with Crippen LogP contribution in [0, 0.1) is 17.5 Å². The molecule has 3 rings (SSSR count). The van der Waals surface area contributed by atoms with Crippen molar-refractivity contribution in [2.45, 2.75) is 29.4 Å². The molecule has 0 spiro atoms. The number of carbonyl (C=O) groups is 2. The van der Waals surface area contributed by atoms with Gasteiger partial charge in [-0.2, -0.15) is 0 Å². The monoisotopic (exact) mass is 379 g/mol. The predicted octanol–water partition coefficient (Wildman–Crippen LogP) is 4.42. The number of benzene rings is 2. The molecule has 2 amide bonds. The van der Waals surface area contributed by atoms with E-state index in [9.17, 15) is 22.8 Å². The summed E-state index contributed by atoms with van der Waals surface area (Å²) in [7, 11) is 0. The van der Waals surface area contributed by atoms with Crippen molar-refractivity contribution in [3.8, 4) is 0 Å². The Labute approximate surface area is 153 Å². The molecule has 7 heteroatoms. The first-order valence-electron chi connectivity index (χ1n) is 8.18. The van der Waals surface area contributed by atoms with E-state index in [0.717, 1.165) is 47.0 Å². The van der Waals surface area contributed by atoms with Crippen LogP contribution in [0.25, 0.3) is 0 Å². The van der Waals surface area contributed by atoms with Gasteiger partial charge < -0.3 is 0 Å². The van der Waals surface area contributed by atoms with E-state index in [4.69, 9.17) is 0 Å². The highest BCUT2D eigenvalue weighted by molar-refractivity contribution is 8.00. The summed E-state index contributed by atoms with van der Waals surface area (Å²) in [6, 6.07) is 8.03.